The zero-order valence-corrected chi connectivity index (χ0v) is 12.9. The van der Waals surface area contributed by atoms with Crippen LogP contribution in [0.4, 0.5) is 4.39 Å². The van der Waals surface area contributed by atoms with E-state index in [9.17, 15) is 9.50 Å². The molecule has 0 aliphatic carbocycles. The van der Waals surface area contributed by atoms with Gasteiger partial charge in [-0.15, -0.1) is 0 Å². The number of nitrogens with zero attached hydrogens (tertiary/aromatic N) is 3. The van der Waals surface area contributed by atoms with Gasteiger partial charge < -0.3 is 9.63 Å². The van der Waals surface area contributed by atoms with Gasteiger partial charge in [-0.25, -0.2) is 4.39 Å². The molecule has 0 radical (unpaired) electrons. The highest BCUT2D eigenvalue weighted by molar-refractivity contribution is 5.64. The van der Waals surface area contributed by atoms with Crippen molar-refractivity contribution in [3.05, 3.63) is 72.7 Å². The van der Waals surface area contributed by atoms with Crippen molar-refractivity contribution in [1.29, 1.82) is 0 Å². The summed E-state index contributed by atoms with van der Waals surface area (Å²) in [5, 5.41) is 13.2. The molecule has 0 fully saturated rings. The fraction of sp³-hybridized carbons (Fsp3) is 0. The van der Waals surface area contributed by atoms with E-state index in [2.05, 4.69) is 15.1 Å². The zero-order valence-electron chi connectivity index (χ0n) is 12.9. The maximum Gasteiger partial charge on any atom is 0.259 e. The van der Waals surface area contributed by atoms with Crippen LogP contribution >= 0.6 is 0 Å². The average Bonchev–Trinajstić information content (AvgIpc) is 3.13. The Balaban J connectivity index is 1.63. The minimum absolute atomic E-state index is 0.190. The third-order valence-corrected chi connectivity index (χ3v) is 3.71. The van der Waals surface area contributed by atoms with Gasteiger partial charge in [0.15, 0.2) is 0 Å². The topological polar surface area (TPSA) is 72.0 Å². The van der Waals surface area contributed by atoms with E-state index in [1.54, 1.807) is 54.7 Å². The average molecular weight is 333 g/mol. The predicted octanol–water partition coefficient (Wildman–Crippen LogP) is 4.31. The van der Waals surface area contributed by atoms with Crippen LogP contribution in [-0.2, 0) is 0 Å². The summed E-state index contributed by atoms with van der Waals surface area (Å²) in [6.07, 6.45) is 1.61. The summed E-state index contributed by atoms with van der Waals surface area (Å²) < 4.78 is 19.0. The first-order valence-electron chi connectivity index (χ1n) is 7.55. The van der Waals surface area contributed by atoms with Crippen LogP contribution < -0.4 is 0 Å². The first-order valence-corrected chi connectivity index (χ1v) is 7.55. The largest absolute Gasteiger partial charge is 0.508 e. The number of rotatable bonds is 3. The lowest BCUT2D eigenvalue weighted by molar-refractivity contribution is 0.431. The molecule has 0 spiro atoms. The number of hydrogen-bond acceptors (Lipinski definition) is 5. The molecule has 2 aromatic heterocycles. The van der Waals surface area contributed by atoms with E-state index < -0.39 is 5.82 Å². The highest BCUT2D eigenvalue weighted by Gasteiger charge is 2.14. The summed E-state index contributed by atoms with van der Waals surface area (Å²) in [7, 11) is 0. The van der Waals surface area contributed by atoms with Crippen molar-refractivity contribution in [2.24, 2.45) is 0 Å². The van der Waals surface area contributed by atoms with Crippen molar-refractivity contribution in [3.63, 3.8) is 0 Å². The van der Waals surface area contributed by atoms with Crippen molar-refractivity contribution < 1.29 is 14.0 Å². The van der Waals surface area contributed by atoms with E-state index in [0.29, 0.717) is 5.56 Å². The molecule has 2 aromatic carbocycles. The highest BCUT2D eigenvalue weighted by Crippen LogP contribution is 2.25. The van der Waals surface area contributed by atoms with Crippen LogP contribution in [0.3, 0.4) is 0 Å². The summed E-state index contributed by atoms with van der Waals surface area (Å²) in [6, 6.07) is 16.6. The second-order valence-electron chi connectivity index (χ2n) is 5.38. The molecule has 0 saturated heterocycles. The number of benzene rings is 2. The molecular weight excluding hydrogens is 321 g/mol. The van der Waals surface area contributed by atoms with E-state index in [4.69, 9.17) is 4.52 Å². The normalized spacial score (nSPS) is 10.8. The lowest BCUT2D eigenvalue weighted by atomic mass is 10.1. The summed E-state index contributed by atoms with van der Waals surface area (Å²) in [5.41, 5.74) is 2.54. The molecule has 0 unspecified atom stereocenters. The van der Waals surface area contributed by atoms with Crippen molar-refractivity contribution in [1.82, 2.24) is 15.1 Å². The van der Waals surface area contributed by atoms with Gasteiger partial charge in [-0.05, 0) is 48.5 Å². The smallest absolute Gasteiger partial charge is 0.259 e. The van der Waals surface area contributed by atoms with Gasteiger partial charge in [-0.1, -0.05) is 17.3 Å². The molecule has 0 saturated carbocycles. The Morgan fingerprint density at radius 3 is 2.36 bits per heavy atom. The summed E-state index contributed by atoms with van der Waals surface area (Å²) >= 11 is 0. The third kappa shape index (κ3) is 2.97. The molecule has 4 aromatic rings. The summed E-state index contributed by atoms with van der Waals surface area (Å²) in [5.74, 6) is 0.251. The first-order chi connectivity index (χ1) is 12.2. The molecule has 0 atom stereocenters. The Kier molecular flexibility index (Phi) is 3.70. The number of aromatic hydroxyl groups is 1. The fourth-order valence-corrected chi connectivity index (χ4v) is 2.42. The van der Waals surface area contributed by atoms with E-state index in [1.165, 1.54) is 6.07 Å². The number of aromatic nitrogens is 3. The van der Waals surface area contributed by atoms with Crippen molar-refractivity contribution in [3.8, 4) is 39.8 Å². The van der Waals surface area contributed by atoms with Crippen LogP contribution in [0.2, 0.25) is 0 Å². The maximum atomic E-state index is 13.8. The molecule has 2 heterocycles. The molecule has 6 heteroatoms. The Hall–Kier alpha value is -3.54. The Morgan fingerprint density at radius 2 is 1.64 bits per heavy atom. The number of pyridine rings is 1. The second-order valence-corrected chi connectivity index (χ2v) is 5.38. The van der Waals surface area contributed by atoms with Gasteiger partial charge >= 0.3 is 0 Å². The van der Waals surface area contributed by atoms with Gasteiger partial charge in [0.1, 0.15) is 11.6 Å². The molecule has 122 valence electrons. The van der Waals surface area contributed by atoms with Crippen molar-refractivity contribution in [2.75, 3.05) is 0 Å². The lowest BCUT2D eigenvalue weighted by Gasteiger charge is -2.01. The molecule has 5 nitrogen and oxygen atoms in total. The fourth-order valence-electron chi connectivity index (χ4n) is 2.42. The SMILES string of the molecule is Oc1ccc(-c2ccc(-c3nc(-c4ccccc4F)no3)cn2)cc1. The minimum atomic E-state index is -0.407. The molecule has 4 rings (SSSR count). The molecular formula is C19H12FN3O2. The van der Waals surface area contributed by atoms with Crippen LogP contribution in [0.15, 0.2) is 71.4 Å². The van der Waals surface area contributed by atoms with Crippen LogP contribution in [0, 0.1) is 5.82 Å². The molecule has 0 aliphatic heterocycles. The molecule has 0 bridgehead atoms. The van der Waals surface area contributed by atoms with Gasteiger partial charge in [0.05, 0.1) is 16.8 Å². The van der Waals surface area contributed by atoms with Crippen molar-refractivity contribution in [2.45, 2.75) is 0 Å². The monoisotopic (exact) mass is 333 g/mol. The number of phenols is 1. The van der Waals surface area contributed by atoms with Crippen LogP contribution in [0.1, 0.15) is 0 Å². The minimum Gasteiger partial charge on any atom is -0.508 e. The Labute approximate surface area is 142 Å². The molecule has 25 heavy (non-hydrogen) atoms. The number of phenolic OH excluding ortho intramolecular Hbond substituents is 1. The van der Waals surface area contributed by atoms with E-state index in [1.807, 2.05) is 6.07 Å². The second kappa shape index (κ2) is 6.16. The van der Waals surface area contributed by atoms with E-state index in [0.717, 1.165) is 11.3 Å². The molecule has 0 aliphatic rings. The van der Waals surface area contributed by atoms with Gasteiger partial charge in [0.25, 0.3) is 5.89 Å². The molecule has 1 N–H and O–H groups in total. The summed E-state index contributed by atoms with van der Waals surface area (Å²) in [4.78, 5) is 8.61. The van der Waals surface area contributed by atoms with Crippen molar-refractivity contribution >= 4 is 0 Å². The van der Waals surface area contributed by atoms with E-state index >= 15 is 0 Å². The van der Waals surface area contributed by atoms with Gasteiger partial charge in [-0.3, -0.25) is 4.98 Å². The standard InChI is InChI=1S/C19H12FN3O2/c20-16-4-2-1-3-15(16)18-22-19(25-23-18)13-7-10-17(21-11-13)12-5-8-14(24)9-6-12/h1-11,24H. The number of halogens is 1. The van der Waals surface area contributed by atoms with Gasteiger partial charge in [-0.2, -0.15) is 4.98 Å². The maximum absolute atomic E-state index is 13.8. The van der Waals surface area contributed by atoms with Gasteiger partial charge in [0, 0.05) is 11.8 Å². The Bertz CT molecular complexity index is 1010. The van der Waals surface area contributed by atoms with Gasteiger partial charge in [0.2, 0.25) is 5.82 Å². The number of hydrogen-bond donors (Lipinski definition) is 1. The summed E-state index contributed by atoms with van der Waals surface area (Å²) in [6.45, 7) is 0. The van der Waals surface area contributed by atoms with Crippen LogP contribution in [-0.4, -0.2) is 20.2 Å². The van der Waals surface area contributed by atoms with E-state index in [-0.39, 0.29) is 23.0 Å². The molecule has 0 amide bonds. The third-order valence-electron chi connectivity index (χ3n) is 3.71. The predicted molar refractivity (Wildman–Crippen MR) is 90.0 cm³/mol. The quantitative estimate of drug-likeness (QED) is 0.605. The lowest BCUT2D eigenvalue weighted by Crippen LogP contribution is -1.87. The Morgan fingerprint density at radius 1 is 0.880 bits per heavy atom. The van der Waals surface area contributed by atoms with Crippen LogP contribution in [0.25, 0.3) is 34.1 Å². The zero-order chi connectivity index (χ0) is 17.2. The first kappa shape index (κ1) is 15.0. The highest BCUT2D eigenvalue weighted by atomic mass is 19.1. The van der Waals surface area contributed by atoms with Crippen LogP contribution in [0.5, 0.6) is 5.75 Å².